The van der Waals surface area contributed by atoms with E-state index in [1.165, 1.54) is 33.6 Å². The van der Waals surface area contributed by atoms with E-state index >= 15 is 0 Å². The van der Waals surface area contributed by atoms with Crippen LogP contribution in [0, 0.1) is 0 Å². The van der Waals surface area contributed by atoms with Gasteiger partial charge in [0, 0.05) is 15.5 Å². The molecule has 28 heavy (non-hydrogen) atoms. The van der Waals surface area contributed by atoms with Crippen LogP contribution in [-0.2, 0) is 12.8 Å². The van der Waals surface area contributed by atoms with E-state index in [9.17, 15) is 5.11 Å². The lowest BCUT2D eigenvalue weighted by atomic mass is 10.1. The molecule has 0 atom stereocenters. The van der Waals surface area contributed by atoms with E-state index in [2.05, 4.69) is 4.90 Å². The lowest BCUT2D eigenvalue weighted by Gasteiger charge is -2.33. The molecule has 0 unspecified atom stereocenters. The molecule has 3 heterocycles. The Morgan fingerprint density at radius 1 is 1.11 bits per heavy atom. The lowest BCUT2D eigenvalue weighted by Crippen LogP contribution is -3.15. The van der Waals surface area contributed by atoms with E-state index in [1.807, 2.05) is 35.6 Å². The monoisotopic (exact) mass is 415 g/mol. The van der Waals surface area contributed by atoms with Crippen molar-refractivity contribution in [1.29, 1.82) is 0 Å². The molecule has 1 aliphatic heterocycles. The SMILES string of the molecule is OCC[NH+]1CCN(c2nc(-c3ccc(Cl)cc3)nc3sc4c(c23)CCC4)CC1. The molecule has 0 bridgehead atoms. The zero-order chi connectivity index (χ0) is 19.1. The average Bonchev–Trinajstić information content (AvgIpc) is 3.30. The fourth-order valence-electron chi connectivity index (χ4n) is 4.38. The molecular weight excluding hydrogens is 392 g/mol. The van der Waals surface area contributed by atoms with Crippen molar-refractivity contribution in [3.63, 3.8) is 0 Å². The third-order valence-electron chi connectivity index (χ3n) is 5.88. The number of thiophene rings is 1. The maximum atomic E-state index is 9.24. The Labute approximate surface area is 173 Å². The van der Waals surface area contributed by atoms with Crippen LogP contribution in [0.15, 0.2) is 24.3 Å². The quantitative estimate of drug-likeness (QED) is 0.686. The number of aryl methyl sites for hydroxylation is 2. The smallest absolute Gasteiger partial charge is 0.163 e. The van der Waals surface area contributed by atoms with Crippen LogP contribution >= 0.6 is 22.9 Å². The van der Waals surface area contributed by atoms with Gasteiger partial charge < -0.3 is 14.9 Å². The van der Waals surface area contributed by atoms with E-state index in [1.54, 1.807) is 0 Å². The molecule has 0 radical (unpaired) electrons. The predicted octanol–water partition coefficient (Wildman–Crippen LogP) is 2.20. The molecule has 1 aromatic carbocycles. The fraction of sp³-hybridized carbons (Fsp3) is 0.429. The van der Waals surface area contributed by atoms with Crippen LogP contribution in [0.3, 0.4) is 0 Å². The Morgan fingerprint density at radius 3 is 2.64 bits per heavy atom. The van der Waals surface area contributed by atoms with Crippen LogP contribution in [0.25, 0.3) is 21.6 Å². The second-order valence-corrected chi connectivity index (χ2v) is 9.15. The molecule has 146 valence electrons. The molecule has 1 saturated heterocycles. The third kappa shape index (κ3) is 3.28. The van der Waals surface area contributed by atoms with Crippen molar-refractivity contribution in [2.45, 2.75) is 19.3 Å². The minimum absolute atomic E-state index is 0.256. The number of halogens is 1. The molecule has 7 heteroatoms. The summed E-state index contributed by atoms with van der Waals surface area (Å²) in [7, 11) is 0. The minimum atomic E-state index is 0.256. The van der Waals surface area contributed by atoms with Crippen LogP contribution in [0.4, 0.5) is 5.82 Å². The topological polar surface area (TPSA) is 53.7 Å². The summed E-state index contributed by atoms with van der Waals surface area (Å²) in [5.41, 5.74) is 2.48. The third-order valence-corrected chi connectivity index (χ3v) is 7.32. The average molecular weight is 416 g/mol. The number of nitrogens with one attached hydrogen (secondary N) is 1. The molecule has 5 nitrogen and oxygen atoms in total. The van der Waals surface area contributed by atoms with Gasteiger partial charge in [0.1, 0.15) is 17.2 Å². The van der Waals surface area contributed by atoms with Crippen molar-refractivity contribution in [2.75, 3.05) is 44.2 Å². The Morgan fingerprint density at radius 2 is 1.89 bits per heavy atom. The van der Waals surface area contributed by atoms with Gasteiger partial charge in [0.05, 0.1) is 38.2 Å². The Bertz CT molecular complexity index is 996. The molecule has 2 aliphatic rings. The summed E-state index contributed by atoms with van der Waals surface area (Å²) < 4.78 is 0. The zero-order valence-electron chi connectivity index (χ0n) is 15.7. The van der Waals surface area contributed by atoms with E-state index in [4.69, 9.17) is 21.6 Å². The van der Waals surface area contributed by atoms with E-state index in [-0.39, 0.29) is 6.61 Å². The predicted molar refractivity (Wildman–Crippen MR) is 115 cm³/mol. The van der Waals surface area contributed by atoms with Gasteiger partial charge in [0.2, 0.25) is 0 Å². The zero-order valence-corrected chi connectivity index (χ0v) is 17.3. The van der Waals surface area contributed by atoms with Gasteiger partial charge in [-0.1, -0.05) is 11.6 Å². The van der Waals surface area contributed by atoms with Crippen molar-refractivity contribution in [3.8, 4) is 11.4 Å². The highest BCUT2D eigenvalue weighted by atomic mass is 35.5. The Kier molecular flexibility index (Phi) is 4.97. The van der Waals surface area contributed by atoms with Gasteiger partial charge in [-0.05, 0) is 49.1 Å². The Hall–Kier alpha value is -1.73. The number of aliphatic hydroxyl groups is 1. The summed E-state index contributed by atoms with van der Waals surface area (Å²) in [6, 6.07) is 7.79. The number of aromatic nitrogens is 2. The number of hydrogen-bond donors (Lipinski definition) is 2. The lowest BCUT2D eigenvalue weighted by molar-refractivity contribution is -0.900. The maximum Gasteiger partial charge on any atom is 0.163 e. The molecule has 0 saturated carbocycles. The number of fused-ring (bicyclic) bond motifs is 3. The molecule has 2 aromatic heterocycles. The highest BCUT2D eigenvalue weighted by Crippen LogP contribution is 2.41. The van der Waals surface area contributed by atoms with Crippen molar-refractivity contribution < 1.29 is 10.0 Å². The first kappa shape index (κ1) is 18.3. The van der Waals surface area contributed by atoms with Crippen molar-refractivity contribution >= 4 is 39.0 Å². The van der Waals surface area contributed by atoms with E-state index < -0.39 is 0 Å². The van der Waals surface area contributed by atoms with Gasteiger partial charge >= 0.3 is 0 Å². The van der Waals surface area contributed by atoms with Crippen molar-refractivity contribution in [1.82, 2.24) is 9.97 Å². The van der Waals surface area contributed by atoms with E-state index in [0.717, 1.165) is 66.2 Å². The second kappa shape index (κ2) is 7.59. The van der Waals surface area contributed by atoms with Crippen LogP contribution in [-0.4, -0.2) is 54.4 Å². The van der Waals surface area contributed by atoms with Crippen LogP contribution < -0.4 is 9.80 Å². The largest absolute Gasteiger partial charge is 0.391 e. The number of aliphatic hydroxyl groups excluding tert-OH is 1. The van der Waals surface area contributed by atoms with Crippen LogP contribution in [0.5, 0.6) is 0 Å². The number of hydrogen-bond acceptors (Lipinski definition) is 5. The number of anilines is 1. The van der Waals surface area contributed by atoms with E-state index in [0.29, 0.717) is 0 Å². The maximum absolute atomic E-state index is 9.24. The minimum Gasteiger partial charge on any atom is -0.391 e. The molecular formula is C21H24ClN4OS+. The molecule has 1 fully saturated rings. The van der Waals surface area contributed by atoms with Gasteiger partial charge in [-0.2, -0.15) is 0 Å². The summed E-state index contributed by atoms with van der Waals surface area (Å²) in [6.45, 7) is 5.09. The van der Waals surface area contributed by atoms with Crippen molar-refractivity contribution in [2.24, 2.45) is 0 Å². The molecule has 3 aromatic rings. The normalized spacial score (nSPS) is 17.4. The molecule has 5 rings (SSSR count). The molecule has 1 aliphatic carbocycles. The number of nitrogens with zero attached hydrogens (tertiary/aromatic N) is 3. The van der Waals surface area contributed by atoms with Gasteiger partial charge in [-0.25, -0.2) is 9.97 Å². The summed E-state index contributed by atoms with van der Waals surface area (Å²) in [4.78, 5) is 16.5. The van der Waals surface area contributed by atoms with Gasteiger partial charge in [0.15, 0.2) is 5.82 Å². The second-order valence-electron chi connectivity index (χ2n) is 7.63. The summed E-state index contributed by atoms with van der Waals surface area (Å²) in [5.74, 6) is 1.88. The van der Waals surface area contributed by atoms with Crippen LogP contribution in [0.1, 0.15) is 16.9 Å². The number of benzene rings is 1. The number of quaternary nitrogens is 1. The van der Waals surface area contributed by atoms with Crippen molar-refractivity contribution in [3.05, 3.63) is 39.7 Å². The van der Waals surface area contributed by atoms with Crippen LogP contribution in [0.2, 0.25) is 5.02 Å². The number of piperazine rings is 1. The van der Waals surface area contributed by atoms with Gasteiger partial charge in [-0.15, -0.1) is 11.3 Å². The summed E-state index contributed by atoms with van der Waals surface area (Å²) in [5, 5.41) is 11.2. The highest BCUT2D eigenvalue weighted by Gasteiger charge is 2.28. The number of rotatable bonds is 4. The molecule has 2 N–H and O–H groups in total. The first-order valence-electron chi connectivity index (χ1n) is 10.0. The highest BCUT2D eigenvalue weighted by molar-refractivity contribution is 7.19. The summed E-state index contributed by atoms with van der Waals surface area (Å²) >= 11 is 7.91. The summed E-state index contributed by atoms with van der Waals surface area (Å²) in [6.07, 6.45) is 3.55. The fourth-order valence-corrected chi connectivity index (χ4v) is 5.76. The van der Waals surface area contributed by atoms with Gasteiger partial charge in [0.25, 0.3) is 0 Å². The molecule has 0 spiro atoms. The standard InChI is InChI=1S/C21H23ClN4OS/c22-15-6-4-14(5-7-15)19-23-20(26-10-8-25(9-11-26)12-13-27)18-16-2-1-3-17(16)28-21(18)24-19/h4-7,27H,1-3,8-13H2/p+1. The Balaban J connectivity index is 1.58. The van der Waals surface area contributed by atoms with Gasteiger partial charge in [-0.3, -0.25) is 0 Å². The first-order valence-corrected chi connectivity index (χ1v) is 11.2. The molecule has 0 amide bonds. The first-order chi connectivity index (χ1) is 13.7.